The molecule has 5 nitrogen and oxygen atoms in total. The molecule has 9 heteroatoms. The van der Waals surface area contributed by atoms with Crippen LogP contribution in [0.4, 0.5) is 13.2 Å². The summed E-state index contributed by atoms with van der Waals surface area (Å²) >= 11 is -0.542. The number of aldehydes is 1. The molecule has 0 radical (unpaired) electrons. The first-order chi connectivity index (χ1) is 13.7. The van der Waals surface area contributed by atoms with E-state index in [4.69, 9.17) is 0 Å². The highest BCUT2D eigenvalue weighted by Gasteiger charge is 2.32. The summed E-state index contributed by atoms with van der Waals surface area (Å²) in [6, 6.07) is 11.2. The molecule has 0 unspecified atom stereocenters. The molecule has 0 atom stereocenters. The molecule has 2 aromatic rings. The van der Waals surface area contributed by atoms with Gasteiger partial charge in [0.15, 0.2) is 6.29 Å². The number of thioether (sulfide) groups is 1. The quantitative estimate of drug-likeness (QED) is 0.387. The van der Waals surface area contributed by atoms with Crippen LogP contribution in [0.3, 0.4) is 0 Å². The van der Waals surface area contributed by atoms with Gasteiger partial charge in [0, 0.05) is 5.57 Å². The fraction of sp³-hybridized carbons (Fsp3) is 0.150. The van der Waals surface area contributed by atoms with Gasteiger partial charge in [0.1, 0.15) is 0 Å². The summed E-state index contributed by atoms with van der Waals surface area (Å²) in [5, 5.41) is 0. The smallest absolute Gasteiger partial charge is 0.446 e. The maximum absolute atomic E-state index is 13.0. The van der Waals surface area contributed by atoms with E-state index in [1.54, 1.807) is 0 Å². The van der Waals surface area contributed by atoms with Gasteiger partial charge < -0.3 is 9.47 Å². The van der Waals surface area contributed by atoms with Gasteiger partial charge in [0.25, 0.3) is 0 Å². The Kier molecular flexibility index (Phi) is 7.22. The summed E-state index contributed by atoms with van der Waals surface area (Å²) in [6.45, 7) is 0. The van der Waals surface area contributed by atoms with E-state index >= 15 is 0 Å². The molecule has 2 aromatic carbocycles. The monoisotopic (exact) mass is 424 g/mol. The molecular formula is C20H15F3O5S. The number of methoxy groups -OCH3 is 2. The molecule has 0 aliphatic rings. The Hall–Kier alpha value is -3.07. The van der Waals surface area contributed by atoms with Crippen molar-refractivity contribution in [3.8, 4) is 0 Å². The van der Waals surface area contributed by atoms with Gasteiger partial charge in [-0.1, -0.05) is 24.3 Å². The first kappa shape index (κ1) is 22.2. The number of ether oxygens (including phenoxy) is 2. The van der Waals surface area contributed by atoms with E-state index in [0.29, 0.717) is 0 Å². The van der Waals surface area contributed by atoms with Crippen LogP contribution >= 0.6 is 11.8 Å². The van der Waals surface area contributed by atoms with Gasteiger partial charge in [-0.25, -0.2) is 9.59 Å². The average molecular weight is 424 g/mol. The summed E-state index contributed by atoms with van der Waals surface area (Å²) in [5.74, 6) is -1.21. The molecule has 2 rings (SSSR count). The lowest BCUT2D eigenvalue weighted by Crippen LogP contribution is -2.05. The van der Waals surface area contributed by atoms with Crippen molar-refractivity contribution >= 4 is 35.6 Å². The standard InChI is InChI=1S/C20H15F3O5S/c1-27-18(25)14-7-3-12(4-8-14)17(16(11-24)29-20(21,22)23)13-5-9-15(10-6-13)19(26)28-2/h3-11H,1-2H3. The van der Waals surface area contributed by atoms with Crippen molar-refractivity contribution in [3.63, 3.8) is 0 Å². The minimum absolute atomic E-state index is 0.00940. The van der Waals surface area contributed by atoms with Gasteiger partial charge in [-0.15, -0.1) is 0 Å². The second-order valence-electron chi connectivity index (χ2n) is 5.54. The number of esters is 2. The lowest BCUT2D eigenvalue weighted by atomic mass is 9.96. The second kappa shape index (κ2) is 9.42. The van der Waals surface area contributed by atoms with Gasteiger partial charge in [0.2, 0.25) is 0 Å². The van der Waals surface area contributed by atoms with Crippen molar-refractivity contribution in [3.05, 3.63) is 75.7 Å². The van der Waals surface area contributed by atoms with E-state index < -0.39 is 34.1 Å². The Bertz CT molecular complexity index is 871. The highest BCUT2D eigenvalue weighted by molar-refractivity contribution is 8.04. The van der Waals surface area contributed by atoms with Crippen molar-refractivity contribution in [1.82, 2.24) is 0 Å². The number of allylic oxidation sites excluding steroid dienone is 1. The van der Waals surface area contributed by atoms with Crippen LogP contribution in [0.15, 0.2) is 53.4 Å². The molecular weight excluding hydrogens is 409 g/mol. The van der Waals surface area contributed by atoms with Gasteiger partial charge in [-0.05, 0) is 47.2 Å². The number of benzene rings is 2. The molecule has 0 amide bonds. The Labute approximate surface area is 168 Å². The van der Waals surface area contributed by atoms with Crippen LogP contribution in [0.5, 0.6) is 0 Å². The van der Waals surface area contributed by atoms with Crippen molar-refractivity contribution in [2.45, 2.75) is 5.51 Å². The molecule has 0 saturated carbocycles. The molecule has 0 spiro atoms. The van der Waals surface area contributed by atoms with Crippen LogP contribution in [0.2, 0.25) is 0 Å². The number of hydrogen-bond donors (Lipinski definition) is 0. The number of hydrogen-bond acceptors (Lipinski definition) is 6. The van der Waals surface area contributed by atoms with Crippen molar-refractivity contribution in [1.29, 1.82) is 0 Å². The minimum Gasteiger partial charge on any atom is -0.465 e. The lowest BCUT2D eigenvalue weighted by Gasteiger charge is -2.14. The zero-order valence-electron chi connectivity index (χ0n) is 15.3. The van der Waals surface area contributed by atoms with Gasteiger partial charge >= 0.3 is 17.4 Å². The molecule has 0 N–H and O–H groups in total. The third-order valence-electron chi connectivity index (χ3n) is 3.77. The average Bonchev–Trinajstić information content (AvgIpc) is 2.72. The van der Waals surface area contributed by atoms with E-state index in [1.807, 2.05) is 0 Å². The van der Waals surface area contributed by atoms with E-state index in [2.05, 4.69) is 9.47 Å². The van der Waals surface area contributed by atoms with Crippen LogP contribution in [0.25, 0.3) is 5.57 Å². The Morgan fingerprint density at radius 3 is 1.41 bits per heavy atom. The Morgan fingerprint density at radius 2 is 1.14 bits per heavy atom. The molecule has 152 valence electrons. The first-order valence-electron chi connectivity index (χ1n) is 8.03. The van der Waals surface area contributed by atoms with Gasteiger partial charge in [-0.3, -0.25) is 4.79 Å². The third kappa shape index (κ3) is 5.71. The Balaban J connectivity index is 2.61. The molecule has 0 aliphatic heterocycles. The summed E-state index contributed by atoms with van der Waals surface area (Å²) in [6.07, 6.45) is 0.121. The van der Waals surface area contributed by atoms with Crippen LogP contribution in [-0.4, -0.2) is 38.0 Å². The predicted molar refractivity (Wildman–Crippen MR) is 101 cm³/mol. The zero-order chi connectivity index (χ0) is 21.6. The highest BCUT2D eigenvalue weighted by Crippen LogP contribution is 2.41. The number of halogens is 3. The van der Waals surface area contributed by atoms with E-state index in [9.17, 15) is 27.6 Å². The topological polar surface area (TPSA) is 69.7 Å². The Morgan fingerprint density at radius 1 is 0.793 bits per heavy atom. The fourth-order valence-electron chi connectivity index (χ4n) is 2.49. The molecule has 0 heterocycles. The van der Waals surface area contributed by atoms with Crippen LogP contribution < -0.4 is 0 Å². The maximum atomic E-state index is 13.0. The lowest BCUT2D eigenvalue weighted by molar-refractivity contribution is -0.104. The van der Waals surface area contributed by atoms with E-state index in [-0.39, 0.29) is 34.1 Å². The van der Waals surface area contributed by atoms with Crippen molar-refractivity contribution in [2.24, 2.45) is 0 Å². The normalized spacial score (nSPS) is 10.8. The number of alkyl halides is 3. The summed E-state index contributed by atoms with van der Waals surface area (Å²) in [7, 11) is 2.41. The second-order valence-corrected chi connectivity index (χ2v) is 6.65. The van der Waals surface area contributed by atoms with Crippen LogP contribution in [-0.2, 0) is 14.3 Å². The zero-order valence-corrected chi connectivity index (χ0v) is 16.1. The number of carbonyl (C=O) groups excluding carboxylic acids is 3. The summed E-state index contributed by atoms with van der Waals surface area (Å²) < 4.78 is 48.1. The number of carbonyl (C=O) groups is 3. The molecule has 0 aliphatic carbocycles. The van der Waals surface area contributed by atoms with E-state index in [0.717, 1.165) is 0 Å². The summed E-state index contributed by atoms with van der Waals surface area (Å²) in [5.41, 5.74) is -3.71. The molecule has 0 bridgehead atoms. The third-order valence-corrected chi connectivity index (χ3v) is 4.52. The molecule has 0 aromatic heterocycles. The number of rotatable bonds is 6. The maximum Gasteiger partial charge on any atom is 0.446 e. The molecule has 29 heavy (non-hydrogen) atoms. The molecule has 0 fully saturated rings. The molecule has 0 saturated heterocycles. The SMILES string of the molecule is COC(=O)c1ccc(C(=C(C=O)SC(F)(F)F)c2ccc(C(=O)OC)cc2)cc1. The fourth-order valence-corrected chi connectivity index (χ4v) is 3.13. The van der Waals surface area contributed by atoms with Crippen LogP contribution in [0, 0.1) is 0 Å². The van der Waals surface area contributed by atoms with Gasteiger partial charge in [0.05, 0.1) is 30.3 Å². The predicted octanol–water partition coefficient (Wildman–Crippen LogP) is 4.47. The largest absolute Gasteiger partial charge is 0.465 e. The van der Waals surface area contributed by atoms with Crippen molar-refractivity contribution < 1.29 is 37.0 Å². The van der Waals surface area contributed by atoms with E-state index in [1.165, 1.54) is 62.8 Å². The van der Waals surface area contributed by atoms with Crippen molar-refractivity contribution in [2.75, 3.05) is 14.2 Å². The van der Waals surface area contributed by atoms with Gasteiger partial charge in [-0.2, -0.15) is 13.2 Å². The highest BCUT2D eigenvalue weighted by atomic mass is 32.2. The first-order valence-corrected chi connectivity index (χ1v) is 8.84. The minimum atomic E-state index is -4.68. The van der Waals surface area contributed by atoms with Crippen LogP contribution in [0.1, 0.15) is 31.8 Å². The summed E-state index contributed by atoms with van der Waals surface area (Å²) in [4.78, 5) is 34.1.